The maximum Gasteiger partial charge on any atom is 0.322 e. The summed E-state index contributed by atoms with van der Waals surface area (Å²) < 4.78 is 4.60. The number of benzene rings is 1. The zero-order chi connectivity index (χ0) is 22.6. The first-order chi connectivity index (χ1) is 14.9. The fourth-order valence-electron chi connectivity index (χ4n) is 3.13. The second kappa shape index (κ2) is 12.5. The van der Waals surface area contributed by atoms with E-state index in [1.807, 2.05) is 6.08 Å². The first kappa shape index (κ1) is 24.1. The predicted octanol–water partition coefficient (Wildman–Crippen LogP) is 0.743. The lowest BCUT2D eigenvalue weighted by atomic mass is 10.1. The largest absolute Gasteiger partial charge is 0.468 e. The number of carbonyl (C=O) groups excluding carboxylic acids is 4. The van der Waals surface area contributed by atoms with E-state index in [-0.39, 0.29) is 24.3 Å². The van der Waals surface area contributed by atoms with Gasteiger partial charge in [0.15, 0.2) is 0 Å². The van der Waals surface area contributed by atoms with Crippen LogP contribution in [-0.4, -0.2) is 61.4 Å². The third-order valence-electron chi connectivity index (χ3n) is 4.87. The van der Waals surface area contributed by atoms with Crippen molar-refractivity contribution in [2.75, 3.05) is 32.1 Å². The number of carbonyl (C=O) groups is 4. The second-order valence-electron chi connectivity index (χ2n) is 7.35. The molecule has 9 heteroatoms. The molecule has 1 heterocycles. The molecule has 1 atom stereocenters. The van der Waals surface area contributed by atoms with E-state index >= 15 is 0 Å². The van der Waals surface area contributed by atoms with Crippen LogP contribution in [0.25, 0.3) is 0 Å². The molecule has 0 bridgehead atoms. The lowest BCUT2D eigenvalue weighted by molar-refractivity contribution is -0.142. The summed E-state index contributed by atoms with van der Waals surface area (Å²) in [5.74, 6) is -0.941. The molecular weight excluding hydrogens is 400 g/mol. The number of anilines is 1. The number of esters is 1. The molecule has 0 saturated carbocycles. The van der Waals surface area contributed by atoms with Gasteiger partial charge in [-0.2, -0.15) is 0 Å². The lowest BCUT2D eigenvalue weighted by Gasteiger charge is -2.14. The number of hydrogen-bond donors (Lipinski definition) is 3. The topological polar surface area (TPSA) is 131 Å². The van der Waals surface area contributed by atoms with Crippen molar-refractivity contribution in [1.82, 2.24) is 10.2 Å². The predicted molar refractivity (Wildman–Crippen MR) is 116 cm³/mol. The first-order valence-electron chi connectivity index (χ1n) is 10.3. The summed E-state index contributed by atoms with van der Waals surface area (Å²) in [4.78, 5) is 48.5. The molecule has 0 aliphatic carbocycles. The monoisotopic (exact) mass is 430 g/mol. The third kappa shape index (κ3) is 8.59. The molecule has 1 aromatic carbocycles. The summed E-state index contributed by atoms with van der Waals surface area (Å²) >= 11 is 0. The highest BCUT2D eigenvalue weighted by Gasteiger charge is 2.15. The maximum absolute atomic E-state index is 12.0. The van der Waals surface area contributed by atoms with Crippen LogP contribution in [0.5, 0.6) is 0 Å². The lowest BCUT2D eigenvalue weighted by Crippen LogP contribution is -2.33. The van der Waals surface area contributed by atoms with Gasteiger partial charge in [-0.05, 0) is 37.0 Å². The van der Waals surface area contributed by atoms with E-state index in [0.717, 1.165) is 18.4 Å². The number of methoxy groups -OCH3 is 1. The summed E-state index contributed by atoms with van der Waals surface area (Å²) in [5, 5.41) is 5.31. The molecule has 168 valence electrons. The highest BCUT2D eigenvalue weighted by molar-refractivity contribution is 5.94. The number of ether oxygens (including phenoxy) is 1. The molecule has 9 nitrogen and oxygen atoms in total. The van der Waals surface area contributed by atoms with E-state index in [4.69, 9.17) is 5.73 Å². The van der Waals surface area contributed by atoms with Crippen molar-refractivity contribution in [3.05, 3.63) is 42.0 Å². The summed E-state index contributed by atoms with van der Waals surface area (Å²) in [5.41, 5.74) is 7.16. The number of rotatable bonds is 12. The molecule has 0 aromatic heterocycles. The number of unbranched alkanes of at least 4 members (excludes halogenated alkanes) is 2. The first-order valence-corrected chi connectivity index (χ1v) is 10.3. The number of nitrogens with zero attached hydrogens (tertiary/aromatic N) is 1. The summed E-state index contributed by atoms with van der Waals surface area (Å²) in [6.07, 6.45) is 6.50. The van der Waals surface area contributed by atoms with Gasteiger partial charge in [0.2, 0.25) is 17.7 Å². The Morgan fingerprint density at radius 2 is 1.87 bits per heavy atom. The Kier molecular flexibility index (Phi) is 9.70. The highest BCUT2D eigenvalue weighted by Crippen LogP contribution is 2.11. The van der Waals surface area contributed by atoms with Gasteiger partial charge in [-0.25, -0.2) is 0 Å². The van der Waals surface area contributed by atoms with Crippen molar-refractivity contribution in [3.63, 3.8) is 0 Å². The zero-order valence-electron chi connectivity index (χ0n) is 17.8. The van der Waals surface area contributed by atoms with Crippen LogP contribution in [0.1, 0.15) is 31.2 Å². The fourth-order valence-corrected chi connectivity index (χ4v) is 3.13. The summed E-state index contributed by atoms with van der Waals surface area (Å²) in [6.45, 7) is 1.25. The summed E-state index contributed by atoms with van der Waals surface area (Å²) in [7, 11) is 1.29. The van der Waals surface area contributed by atoms with Crippen LogP contribution in [0, 0.1) is 0 Å². The van der Waals surface area contributed by atoms with Gasteiger partial charge >= 0.3 is 5.97 Å². The minimum absolute atomic E-state index is 0.0446. The minimum atomic E-state index is -0.736. The molecule has 0 spiro atoms. The Hall–Kier alpha value is -3.20. The number of hydrogen-bond acceptors (Lipinski definition) is 6. The fraction of sp³-hybridized carbons (Fsp3) is 0.455. The SMILES string of the molecule is COC(=O)[C@@H](N)Cc1ccc(NC(=O)CNC(=O)CCCCCN2CC=CC2=O)cc1. The van der Waals surface area contributed by atoms with Crippen LogP contribution in [-0.2, 0) is 30.3 Å². The quantitative estimate of drug-likeness (QED) is 0.331. The highest BCUT2D eigenvalue weighted by atomic mass is 16.5. The van der Waals surface area contributed by atoms with Gasteiger partial charge in [-0.3, -0.25) is 19.2 Å². The summed E-state index contributed by atoms with van der Waals surface area (Å²) in [6, 6.07) is 6.21. The van der Waals surface area contributed by atoms with E-state index in [1.54, 1.807) is 35.2 Å². The minimum Gasteiger partial charge on any atom is -0.468 e. The van der Waals surface area contributed by atoms with Gasteiger partial charge in [-0.1, -0.05) is 24.6 Å². The van der Waals surface area contributed by atoms with Gasteiger partial charge in [0.25, 0.3) is 0 Å². The van der Waals surface area contributed by atoms with Crippen molar-refractivity contribution in [2.45, 2.75) is 38.1 Å². The molecule has 1 aliphatic rings. The van der Waals surface area contributed by atoms with E-state index in [1.165, 1.54) is 7.11 Å². The Morgan fingerprint density at radius 3 is 2.52 bits per heavy atom. The molecule has 1 aliphatic heterocycles. The Bertz CT molecular complexity index is 807. The molecule has 0 radical (unpaired) electrons. The van der Waals surface area contributed by atoms with Crippen LogP contribution in [0.4, 0.5) is 5.69 Å². The van der Waals surface area contributed by atoms with Crippen LogP contribution >= 0.6 is 0 Å². The zero-order valence-corrected chi connectivity index (χ0v) is 17.8. The molecule has 31 heavy (non-hydrogen) atoms. The smallest absolute Gasteiger partial charge is 0.322 e. The average Bonchev–Trinajstić information content (AvgIpc) is 3.17. The molecule has 3 amide bonds. The Morgan fingerprint density at radius 1 is 1.13 bits per heavy atom. The van der Waals surface area contributed by atoms with Crippen molar-refractivity contribution in [3.8, 4) is 0 Å². The van der Waals surface area contributed by atoms with Crippen molar-refractivity contribution >= 4 is 29.4 Å². The van der Waals surface area contributed by atoms with E-state index in [0.29, 0.717) is 38.0 Å². The van der Waals surface area contributed by atoms with Crippen molar-refractivity contribution < 1.29 is 23.9 Å². The number of nitrogens with two attached hydrogens (primary N) is 1. The number of amides is 3. The molecular formula is C22H30N4O5. The van der Waals surface area contributed by atoms with E-state index in [9.17, 15) is 19.2 Å². The number of nitrogens with one attached hydrogen (secondary N) is 2. The molecule has 2 rings (SSSR count). The average molecular weight is 431 g/mol. The van der Waals surface area contributed by atoms with Crippen molar-refractivity contribution in [2.24, 2.45) is 5.73 Å². The molecule has 0 saturated heterocycles. The Labute approximate surface area is 182 Å². The molecule has 0 fully saturated rings. The molecule has 1 aromatic rings. The van der Waals surface area contributed by atoms with Crippen LogP contribution in [0.3, 0.4) is 0 Å². The maximum atomic E-state index is 12.0. The van der Waals surface area contributed by atoms with Crippen molar-refractivity contribution in [1.29, 1.82) is 0 Å². The van der Waals surface area contributed by atoms with Gasteiger partial charge in [0, 0.05) is 31.3 Å². The van der Waals surface area contributed by atoms with Gasteiger partial charge < -0.3 is 26.0 Å². The second-order valence-corrected chi connectivity index (χ2v) is 7.35. The van der Waals surface area contributed by atoms with E-state index in [2.05, 4.69) is 15.4 Å². The van der Waals surface area contributed by atoms with Crippen LogP contribution < -0.4 is 16.4 Å². The van der Waals surface area contributed by atoms with Gasteiger partial charge in [0.1, 0.15) is 6.04 Å². The van der Waals surface area contributed by atoms with Crippen LogP contribution in [0.2, 0.25) is 0 Å². The normalized spacial score (nSPS) is 13.7. The molecule has 4 N–H and O–H groups in total. The molecule has 0 unspecified atom stereocenters. The third-order valence-corrected chi connectivity index (χ3v) is 4.87. The Balaban J connectivity index is 1.58. The standard InChI is InChI=1S/C22H30N4O5/c1-31-22(30)18(23)14-16-8-10-17(11-9-16)25-20(28)15-24-19(27)6-3-2-4-12-26-13-5-7-21(26)29/h5,7-11,18H,2-4,6,12-15,23H2,1H3,(H,24,27)(H,25,28)/t18-/m0/s1. The van der Waals surface area contributed by atoms with Crippen LogP contribution in [0.15, 0.2) is 36.4 Å². The van der Waals surface area contributed by atoms with E-state index < -0.39 is 12.0 Å². The van der Waals surface area contributed by atoms with Gasteiger partial charge in [0.05, 0.1) is 13.7 Å². The van der Waals surface area contributed by atoms with Gasteiger partial charge in [-0.15, -0.1) is 0 Å².